The lowest BCUT2D eigenvalue weighted by Crippen LogP contribution is -2.00. The number of phenolic OH excluding ortho intramolecular Hbond substituents is 1. The van der Waals surface area contributed by atoms with E-state index < -0.39 is 0 Å². The van der Waals surface area contributed by atoms with Crippen LogP contribution in [0.2, 0.25) is 0 Å². The average Bonchev–Trinajstić information content (AvgIpc) is 3.45. The molecule has 2 aliphatic carbocycles. The van der Waals surface area contributed by atoms with Gasteiger partial charge in [-0.3, -0.25) is 0 Å². The fourth-order valence-corrected chi connectivity index (χ4v) is 5.73. The molecule has 3 aromatic carbocycles. The van der Waals surface area contributed by atoms with Crippen LogP contribution in [0, 0.1) is 13.8 Å². The molecule has 0 heterocycles. The molecule has 0 radical (unpaired) electrons. The summed E-state index contributed by atoms with van der Waals surface area (Å²) in [6.45, 7) is 6.84. The molecule has 158 valence electrons. The fraction of sp³-hybridized carbons (Fsp3) is 0.333. The van der Waals surface area contributed by atoms with Crippen LogP contribution in [0.25, 0.3) is 22.8 Å². The summed E-state index contributed by atoms with van der Waals surface area (Å²) >= 11 is 0. The van der Waals surface area contributed by atoms with Crippen molar-refractivity contribution in [3.8, 4) is 16.9 Å². The Hall–Kier alpha value is -2.80. The first-order valence-corrected chi connectivity index (χ1v) is 11.8. The van der Waals surface area contributed by atoms with Crippen molar-refractivity contribution in [2.45, 2.75) is 65.7 Å². The van der Waals surface area contributed by atoms with Crippen molar-refractivity contribution in [3.05, 3.63) is 87.0 Å². The number of para-hydroxylation sites is 1. The molecule has 3 aromatic rings. The van der Waals surface area contributed by atoms with Gasteiger partial charge in [0.2, 0.25) is 0 Å². The smallest absolute Gasteiger partial charge is 0.126 e. The SMILES string of the molecule is CCCCc1cccc(-c2ccccc2C2=Cc3c(C)c4c(c(C)c3C2)CCC4)c1O. The van der Waals surface area contributed by atoms with Crippen molar-refractivity contribution in [3.63, 3.8) is 0 Å². The van der Waals surface area contributed by atoms with Crippen LogP contribution in [0.1, 0.15) is 70.7 Å². The maximum Gasteiger partial charge on any atom is 0.126 e. The van der Waals surface area contributed by atoms with Gasteiger partial charge < -0.3 is 5.11 Å². The maximum absolute atomic E-state index is 11.1. The van der Waals surface area contributed by atoms with Crippen molar-refractivity contribution in [2.75, 3.05) is 0 Å². The second-order valence-corrected chi connectivity index (χ2v) is 9.26. The highest BCUT2D eigenvalue weighted by Gasteiger charge is 2.26. The van der Waals surface area contributed by atoms with Gasteiger partial charge in [-0.2, -0.15) is 0 Å². The van der Waals surface area contributed by atoms with Crippen LogP contribution in [-0.2, 0) is 25.7 Å². The molecule has 0 fully saturated rings. The molecule has 0 unspecified atom stereocenters. The number of phenols is 1. The molecular formula is C30H32O. The van der Waals surface area contributed by atoms with Gasteiger partial charge in [-0.25, -0.2) is 0 Å². The number of rotatable bonds is 5. The van der Waals surface area contributed by atoms with Gasteiger partial charge in [0.15, 0.2) is 0 Å². The summed E-state index contributed by atoms with van der Waals surface area (Å²) in [5.74, 6) is 0.450. The summed E-state index contributed by atoms with van der Waals surface area (Å²) in [7, 11) is 0. The molecule has 0 saturated carbocycles. The van der Waals surface area contributed by atoms with Crippen LogP contribution in [-0.4, -0.2) is 5.11 Å². The zero-order chi connectivity index (χ0) is 21.5. The molecular weight excluding hydrogens is 376 g/mol. The van der Waals surface area contributed by atoms with E-state index in [0.717, 1.165) is 42.4 Å². The molecule has 1 nitrogen and oxygen atoms in total. The highest BCUT2D eigenvalue weighted by Crippen LogP contribution is 2.44. The molecule has 1 heteroatoms. The van der Waals surface area contributed by atoms with Crippen molar-refractivity contribution in [1.82, 2.24) is 0 Å². The molecule has 0 atom stereocenters. The lowest BCUT2D eigenvalue weighted by atomic mass is 9.89. The Balaban J connectivity index is 1.59. The Kier molecular flexibility index (Phi) is 5.22. The highest BCUT2D eigenvalue weighted by atomic mass is 16.3. The van der Waals surface area contributed by atoms with E-state index in [2.05, 4.69) is 69.3 Å². The standard InChI is InChI=1S/C30H32O/c1-4-5-10-21-11-8-16-27(30(21)31)26-13-7-6-12-25(26)22-17-28-19(2)23-14-9-15-24(23)20(3)29(28)18-22/h6-8,11-13,16-17,31H,4-5,9-10,14-15,18H2,1-3H3. The van der Waals surface area contributed by atoms with Crippen LogP contribution in [0.3, 0.4) is 0 Å². The number of hydrogen-bond acceptors (Lipinski definition) is 1. The van der Waals surface area contributed by atoms with E-state index in [-0.39, 0.29) is 0 Å². The van der Waals surface area contributed by atoms with E-state index in [4.69, 9.17) is 0 Å². The van der Waals surface area contributed by atoms with Crippen LogP contribution >= 0.6 is 0 Å². The normalized spacial score (nSPS) is 14.5. The molecule has 0 amide bonds. The van der Waals surface area contributed by atoms with Gasteiger partial charge >= 0.3 is 0 Å². The second kappa shape index (κ2) is 8.04. The van der Waals surface area contributed by atoms with E-state index in [1.807, 2.05) is 0 Å². The summed E-state index contributed by atoms with van der Waals surface area (Å²) in [5.41, 5.74) is 15.0. The van der Waals surface area contributed by atoms with Crippen molar-refractivity contribution in [2.24, 2.45) is 0 Å². The topological polar surface area (TPSA) is 20.2 Å². The third-order valence-electron chi connectivity index (χ3n) is 7.47. The number of aryl methyl sites for hydroxylation is 1. The van der Waals surface area contributed by atoms with Crippen LogP contribution in [0.15, 0.2) is 42.5 Å². The summed E-state index contributed by atoms with van der Waals surface area (Å²) in [4.78, 5) is 0. The monoisotopic (exact) mass is 408 g/mol. The molecule has 0 aromatic heterocycles. The molecule has 31 heavy (non-hydrogen) atoms. The first kappa shape index (κ1) is 20.1. The number of fused-ring (bicyclic) bond motifs is 2. The fourth-order valence-electron chi connectivity index (χ4n) is 5.73. The van der Waals surface area contributed by atoms with Crippen LogP contribution in [0.4, 0.5) is 0 Å². The molecule has 0 bridgehead atoms. The Morgan fingerprint density at radius 1 is 0.806 bits per heavy atom. The second-order valence-electron chi connectivity index (χ2n) is 9.26. The summed E-state index contributed by atoms with van der Waals surface area (Å²) in [6, 6.07) is 14.8. The zero-order valence-electron chi connectivity index (χ0n) is 19.0. The van der Waals surface area contributed by atoms with Crippen molar-refractivity contribution >= 4 is 11.6 Å². The predicted octanol–water partition coefficient (Wildman–Crippen LogP) is 7.60. The molecule has 0 spiro atoms. The lowest BCUT2D eigenvalue weighted by Gasteiger charge is -2.16. The minimum Gasteiger partial charge on any atom is -0.507 e. The Bertz CT molecular complexity index is 1200. The third kappa shape index (κ3) is 3.31. The molecule has 5 rings (SSSR count). The molecule has 0 saturated heterocycles. The Labute approximate surface area is 186 Å². The summed E-state index contributed by atoms with van der Waals surface area (Å²) in [5, 5.41) is 11.1. The molecule has 1 N–H and O–H groups in total. The maximum atomic E-state index is 11.1. The number of allylic oxidation sites excluding steroid dienone is 1. The predicted molar refractivity (Wildman–Crippen MR) is 132 cm³/mol. The van der Waals surface area contributed by atoms with Gasteiger partial charge in [-0.05, 0) is 108 Å². The van der Waals surface area contributed by atoms with Gasteiger partial charge in [0.05, 0.1) is 0 Å². The van der Waals surface area contributed by atoms with Crippen molar-refractivity contribution in [1.29, 1.82) is 0 Å². The highest BCUT2D eigenvalue weighted by molar-refractivity contribution is 5.96. The number of benzene rings is 3. The van der Waals surface area contributed by atoms with E-state index in [9.17, 15) is 5.11 Å². The molecule has 0 aliphatic heterocycles. The quantitative estimate of drug-likeness (QED) is 0.461. The summed E-state index contributed by atoms with van der Waals surface area (Å²) < 4.78 is 0. The number of hydrogen-bond donors (Lipinski definition) is 1. The summed E-state index contributed by atoms with van der Waals surface area (Å²) in [6.07, 6.45) is 10.3. The van der Waals surface area contributed by atoms with E-state index in [1.54, 1.807) is 11.1 Å². The number of unbranched alkanes of at least 4 members (excludes halogenated alkanes) is 1. The van der Waals surface area contributed by atoms with Crippen molar-refractivity contribution < 1.29 is 5.11 Å². The van der Waals surface area contributed by atoms with E-state index in [0.29, 0.717) is 5.75 Å². The lowest BCUT2D eigenvalue weighted by molar-refractivity contribution is 0.469. The first-order valence-electron chi connectivity index (χ1n) is 11.8. The van der Waals surface area contributed by atoms with E-state index >= 15 is 0 Å². The van der Waals surface area contributed by atoms with E-state index in [1.165, 1.54) is 52.7 Å². The minimum absolute atomic E-state index is 0.450. The first-order chi connectivity index (χ1) is 15.1. The Morgan fingerprint density at radius 2 is 1.52 bits per heavy atom. The van der Waals surface area contributed by atoms with Gasteiger partial charge in [-0.15, -0.1) is 0 Å². The number of aromatic hydroxyl groups is 1. The third-order valence-corrected chi connectivity index (χ3v) is 7.47. The average molecular weight is 409 g/mol. The van der Waals surface area contributed by atoms with Gasteiger partial charge in [-0.1, -0.05) is 61.9 Å². The molecule has 2 aliphatic rings. The van der Waals surface area contributed by atoms with Gasteiger partial charge in [0.25, 0.3) is 0 Å². The Morgan fingerprint density at radius 3 is 2.29 bits per heavy atom. The van der Waals surface area contributed by atoms with Gasteiger partial charge in [0, 0.05) is 5.56 Å². The van der Waals surface area contributed by atoms with Crippen LogP contribution < -0.4 is 0 Å². The van der Waals surface area contributed by atoms with Crippen LogP contribution in [0.5, 0.6) is 5.75 Å². The van der Waals surface area contributed by atoms with Gasteiger partial charge in [0.1, 0.15) is 5.75 Å². The zero-order valence-corrected chi connectivity index (χ0v) is 19.0. The largest absolute Gasteiger partial charge is 0.507 e. The minimum atomic E-state index is 0.450.